The van der Waals surface area contributed by atoms with Gasteiger partial charge in [0.1, 0.15) is 11.6 Å². The summed E-state index contributed by atoms with van der Waals surface area (Å²) in [7, 11) is 0. The average molecular weight is 236 g/mol. The minimum absolute atomic E-state index is 0.212. The predicted octanol–water partition coefficient (Wildman–Crippen LogP) is 4.52. The second-order valence-electron chi connectivity index (χ2n) is 5.30. The van der Waals surface area contributed by atoms with Gasteiger partial charge in [-0.3, -0.25) is 0 Å². The number of halogens is 1. The van der Waals surface area contributed by atoms with Gasteiger partial charge >= 0.3 is 0 Å². The molecule has 1 aromatic carbocycles. The molecule has 0 saturated heterocycles. The van der Waals surface area contributed by atoms with Crippen LogP contribution in [0, 0.1) is 11.7 Å². The third-order valence-corrected chi connectivity index (χ3v) is 3.55. The van der Waals surface area contributed by atoms with Crippen LogP contribution in [0.1, 0.15) is 51.0 Å². The molecule has 0 heterocycles. The van der Waals surface area contributed by atoms with Gasteiger partial charge in [0.2, 0.25) is 0 Å². The van der Waals surface area contributed by atoms with Crippen molar-refractivity contribution in [2.45, 2.75) is 45.4 Å². The van der Waals surface area contributed by atoms with Crippen LogP contribution in [0.4, 0.5) is 4.39 Å². The third kappa shape index (κ3) is 3.21. The van der Waals surface area contributed by atoms with Crippen molar-refractivity contribution in [3.05, 3.63) is 29.6 Å². The fraction of sp³-hybridized carbons (Fsp3) is 0.600. The summed E-state index contributed by atoms with van der Waals surface area (Å²) in [5.41, 5.74) is 1.10. The first-order valence-corrected chi connectivity index (χ1v) is 6.59. The Morgan fingerprint density at radius 2 is 2.00 bits per heavy atom. The minimum atomic E-state index is -0.212. The van der Waals surface area contributed by atoms with E-state index in [2.05, 4.69) is 13.8 Å². The van der Waals surface area contributed by atoms with Gasteiger partial charge in [0, 0.05) is 6.07 Å². The molecule has 0 N–H and O–H groups in total. The Morgan fingerprint density at radius 3 is 2.65 bits per heavy atom. The van der Waals surface area contributed by atoms with E-state index in [0.717, 1.165) is 17.9 Å². The lowest BCUT2D eigenvalue weighted by atomic mass is 10.0. The van der Waals surface area contributed by atoms with Crippen LogP contribution in [0.3, 0.4) is 0 Å². The van der Waals surface area contributed by atoms with Crippen LogP contribution in [-0.2, 0) is 0 Å². The molecule has 2 rings (SSSR count). The van der Waals surface area contributed by atoms with E-state index in [1.54, 1.807) is 0 Å². The van der Waals surface area contributed by atoms with Crippen molar-refractivity contribution in [2.75, 3.05) is 6.61 Å². The van der Waals surface area contributed by atoms with Crippen molar-refractivity contribution in [1.29, 1.82) is 0 Å². The van der Waals surface area contributed by atoms with Crippen LogP contribution in [0.25, 0.3) is 0 Å². The molecule has 0 bridgehead atoms. The van der Waals surface area contributed by atoms with Crippen LogP contribution >= 0.6 is 0 Å². The van der Waals surface area contributed by atoms with Crippen molar-refractivity contribution in [3.63, 3.8) is 0 Å². The Bertz CT molecular complexity index is 367. The number of rotatable bonds is 4. The van der Waals surface area contributed by atoms with Gasteiger partial charge in [0.25, 0.3) is 0 Å². The van der Waals surface area contributed by atoms with Crippen LogP contribution in [0.5, 0.6) is 5.75 Å². The van der Waals surface area contributed by atoms with E-state index in [0.29, 0.717) is 11.8 Å². The molecule has 1 nitrogen and oxygen atoms in total. The maximum absolute atomic E-state index is 13.2. The second kappa shape index (κ2) is 5.52. The van der Waals surface area contributed by atoms with Crippen LogP contribution in [-0.4, -0.2) is 6.61 Å². The first-order chi connectivity index (χ1) is 8.16. The Hall–Kier alpha value is -1.05. The maximum atomic E-state index is 13.2. The van der Waals surface area contributed by atoms with Crippen molar-refractivity contribution < 1.29 is 9.13 Å². The van der Waals surface area contributed by atoms with E-state index >= 15 is 0 Å². The lowest BCUT2D eigenvalue weighted by molar-refractivity contribution is 0.248. The van der Waals surface area contributed by atoms with Gasteiger partial charge in [-0.1, -0.05) is 32.8 Å². The van der Waals surface area contributed by atoms with E-state index in [-0.39, 0.29) is 5.82 Å². The van der Waals surface area contributed by atoms with Crippen molar-refractivity contribution in [2.24, 2.45) is 5.92 Å². The molecule has 0 atom stereocenters. The molecule has 0 aliphatic heterocycles. The summed E-state index contributed by atoms with van der Waals surface area (Å²) < 4.78 is 19.1. The summed E-state index contributed by atoms with van der Waals surface area (Å²) in [4.78, 5) is 0. The molecule has 0 unspecified atom stereocenters. The van der Waals surface area contributed by atoms with Gasteiger partial charge in [0.15, 0.2) is 0 Å². The molecule has 0 spiro atoms. The van der Waals surface area contributed by atoms with Crippen molar-refractivity contribution in [1.82, 2.24) is 0 Å². The smallest absolute Gasteiger partial charge is 0.126 e. The highest BCUT2D eigenvalue weighted by Crippen LogP contribution is 2.30. The molecular formula is C15H21FO. The topological polar surface area (TPSA) is 9.23 Å². The molecule has 1 fully saturated rings. The van der Waals surface area contributed by atoms with Gasteiger partial charge in [-0.2, -0.15) is 0 Å². The maximum Gasteiger partial charge on any atom is 0.126 e. The molecule has 1 saturated carbocycles. The Balaban J connectivity index is 2.04. The Kier molecular flexibility index (Phi) is 4.03. The molecule has 94 valence electrons. The molecular weight excluding hydrogens is 215 g/mol. The first-order valence-electron chi connectivity index (χ1n) is 6.59. The Labute approximate surface area is 103 Å². The highest BCUT2D eigenvalue weighted by molar-refractivity contribution is 5.36. The van der Waals surface area contributed by atoms with Gasteiger partial charge in [0.05, 0.1) is 6.61 Å². The van der Waals surface area contributed by atoms with E-state index in [9.17, 15) is 4.39 Å². The summed E-state index contributed by atoms with van der Waals surface area (Å²) in [5.74, 6) is 1.55. The quantitative estimate of drug-likeness (QED) is 0.747. The van der Waals surface area contributed by atoms with Crippen LogP contribution in [0.2, 0.25) is 0 Å². The van der Waals surface area contributed by atoms with Gasteiger partial charge in [-0.05, 0) is 36.3 Å². The molecule has 1 aliphatic carbocycles. The number of benzene rings is 1. The molecule has 0 radical (unpaired) electrons. The zero-order valence-corrected chi connectivity index (χ0v) is 10.7. The summed E-state index contributed by atoms with van der Waals surface area (Å²) >= 11 is 0. The van der Waals surface area contributed by atoms with Gasteiger partial charge in [-0.25, -0.2) is 4.39 Å². The van der Waals surface area contributed by atoms with E-state index in [4.69, 9.17) is 4.74 Å². The third-order valence-electron chi connectivity index (χ3n) is 3.55. The van der Waals surface area contributed by atoms with E-state index < -0.39 is 0 Å². The van der Waals surface area contributed by atoms with E-state index in [1.807, 2.05) is 6.07 Å². The minimum Gasteiger partial charge on any atom is -0.493 e. The molecule has 0 aromatic heterocycles. The number of hydrogen-bond acceptors (Lipinski definition) is 1. The van der Waals surface area contributed by atoms with Gasteiger partial charge in [-0.15, -0.1) is 0 Å². The average Bonchev–Trinajstić information content (AvgIpc) is 2.78. The van der Waals surface area contributed by atoms with E-state index in [1.165, 1.54) is 37.8 Å². The molecule has 1 aromatic rings. The highest BCUT2D eigenvalue weighted by atomic mass is 19.1. The molecule has 1 aliphatic rings. The highest BCUT2D eigenvalue weighted by Gasteiger charge is 2.17. The van der Waals surface area contributed by atoms with Crippen LogP contribution < -0.4 is 4.74 Å². The van der Waals surface area contributed by atoms with Crippen molar-refractivity contribution >= 4 is 0 Å². The zero-order valence-electron chi connectivity index (χ0n) is 10.7. The SMILES string of the molecule is CC(C)c1ccc(F)cc1OCC1CCCC1. The lowest BCUT2D eigenvalue weighted by Gasteiger charge is -2.16. The van der Waals surface area contributed by atoms with Gasteiger partial charge < -0.3 is 4.74 Å². The Morgan fingerprint density at radius 1 is 1.29 bits per heavy atom. The van der Waals surface area contributed by atoms with Crippen LogP contribution in [0.15, 0.2) is 18.2 Å². The molecule has 2 heteroatoms. The normalized spacial score (nSPS) is 16.7. The molecule has 0 amide bonds. The monoisotopic (exact) mass is 236 g/mol. The summed E-state index contributed by atoms with van der Waals surface area (Å²) in [6.45, 7) is 4.95. The first kappa shape index (κ1) is 12.4. The fourth-order valence-corrected chi connectivity index (χ4v) is 2.49. The second-order valence-corrected chi connectivity index (χ2v) is 5.30. The lowest BCUT2D eigenvalue weighted by Crippen LogP contribution is -2.09. The summed E-state index contributed by atoms with van der Waals surface area (Å²) in [6.07, 6.45) is 5.14. The number of hydrogen-bond donors (Lipinski definition) is 0. The van der Waals surface area contributed by atoms with Crippen molar-refractivity contribution in [3.8, 4) is 5.75 Å². The number of ether oxygens (including phenoxy) is 1. The standard InChI is InChI=1S/C15H21FO/c1-11(2)14-8-7-13(16)9-15(14)17-10-12-5-3-4-6-12/h7-9,11-12H,3-6,10H2,1-2H3. The zero-order chi connectivity index (χ0) is 12.3. The summed E-state index contributed by atoms with van der Waals surface area (Å²) in [5, 5.41) is 0. The predicted molar refractivity (Wildman–Crippen MR) is 67.9 cm³/mol. The molecule has 17 heavy (non-hydrogen) atoms. The largest absolute Gasteiger partial charge is 0.493 e. The summed E-state index contributed by atoms with van der Waals surface area (Å²) in [6, 6.07) is 4.87. The fourth-order valence-electron chi connectivity index (χ4n) is 2.49.